The Bertz CT molecular complexity index is 713. The molecule has 1 atom stereocenters. The van der Waals surface area contributed by atoms with Crippen LogP contribution in [0.3, 0.4) is 0 Å². The second-order valence-electron chi connectivity index (χ2n) is 5.59. The van der Waals surface area contributed by atoms with Gasteiger partial charge in [0, 0.05) is 24.4 Å². The summed E-state index contributed by atoms with van der Waals surface area (Å²) < 4.78 is 5.39. The standard InChI is InChI=1S/C16H20N4O4/c1-11-9-12(20(22)23)6-7-13(11)18-16(21)17-10-14(19(2)3)15-5-4-8-24-15/h4-9,14H,10H2,1-3H3,(H2,17,18,21)/t14-/m1/s1. The number of benzene rings is 1. The molecule has 0 aliphatic heterocycles. The highest BCUT2D eigenvalue weighted by atomic mass is 16.6. The smallest absolute Gasteiger partial charge is 0.319 e. The molecule has 128 valence electrons. The van der Waals surface area contributed by atoms with Crippen LogP contribution < -0.4 is 10.6 Å². The number of nitrogens with one attached hydrogen (secondary N) is 2. The normalized spacial score (nSPS) is 12.0. The van der Waals surface area contributed by atoms with Crippen molar-refractivity contribution >= 4 is 17.4 Å². The number of nitro groups is 1. The first-order valence-electron chi connectivity index (χ1n) is 7.38. The molecule has 1 aromatic heterocycles. The SMILES string of the molecule is Cc1cc([N+](=O)[O-])ccc1NC(=O)NC[C@H](c1ccco1)N(C)C. The van der Waals surface area contributed by atoms with Gasteiger partial charge in [-0.2, -0.15) is 0 Å². The number of furan rings is 1. The van der Waals surface area contributed by atoms with Crippen molar-refractivity contribution in [2.24, 2.45) is 0 Å². The van der Waals surface area contributed by atoms with Crippen molar-refractivity contribution in [3.8, 4) is 0 Å². The number of carbonyl (C=O) groups is 1. The number of carbonyl (C=O) groups excluding carboxylic acids is 1. The van der Waals surface area contributed by atoms with Crippen molar-refractivity contribution < 1.29 is 14.1 Å². The van der Waals surface area contributed by atoms with Gasteiger partial charge < -0.3 is 15.1 Å². The molecule has 2 N–H and O–H groups in total. The molecule has 0 unspecified atom stereocenters. The zero-order valence-electron chi connectivity index (χ0n) is 13.8. The molecular weight excluding hydrogens is 312 g/mol. The van der Waals surface area contributed by atoms with E-state index in [2.05, 4.69) is 10.6 Å². The highest BCUT2D eigenvalue weighted by Crippen LogP contribution is 2.21. The van der Waals surface area contributed by atoms with E-state index in [1.807, 2.05) is 25.1 Å². The van der Waals surface area contributed by atoms with E-state index in [-0.39, 0.29) is 17.8 Å². The van der Waals surface area contributed by atoms with Gasteiger partial charge in [0.2, 0.25) is 0 Å². The second kappa shape index (κ2) is 7.60. The molecule has 24 heavy (non-hydrogen) atoms. The van der Waals surface area contributed by atoms with Gasteiger partial charge in [0.25, 0.3) is 5.69 Å². The molecule has 2 aromatic rings. The molecule has 0 radical (unpaired) electrons. The summed E-state index contributed by atoms with van der Waals surface area (Å²) >= 11 is 0. The summed E-state index contributed by atoms with van der Waals surface area (Å²) in [6.45, 7) is 2.06. The fraction of sp³-hybridized carbons (Fsp3) is 0.312. The Balaban J connectivity index is 1.97. The summed E-state index contributed by atoms with van der Waals surface area (Å²) in [5.74, 6) is 0.756. The van der Waals surface area contributed by atoms with E-state index >= 15 is 0 Å². The van der Waals surface area contributed by atoms with Crippen molar-refractivity contribution in [3.63, 3.8) is 0 Å². The molecule has 8 heteroatoms. The summed E-state index contributed by atoms with van der Waals surface area (Å²) in [6, 6.07) is 7.46. The van der Waals surface area contributed by atoms with Crippen LogP contribution in [0.2, 0.25) is 0 Å². The van der Waals surface area contributed by atoms with Crippen LogP contribution in [-0.4, -0.2) is 36.5 Å². The van der Waals surface area contributed by atoms with Crippen LogP contribution in [0, 0.1) is 17.0 Å². The van der Waals surface area contributed by atoms with Gasteiger partial charge in [-0.15, -0.1) is 0 Å². The van der Waals surface area contributed by atoms with E-state index in [1.165, 1.54) is 18.2 Å². The Morgan fingerprint density at radius 3 is 2.67 bits per heavy atom. The van der Waals surface area contributed by atoms with Gasteiger partial charge in [-0.25, -0.2) is 4.79 Å². The first-order valence-corrected chi connectivity index (χ1v) is 7.38. The highest BCUT2D eigenvalue weighted by molar-refractivity contribution is 5.90. The second-order valence-corrected chi connectivity index (χ2v) is 5.59. The van der Waals surface area contributed by atoms with Crippen LogP contribution in [-0.2, 0) is 0 Å². The quantitative estimate of drug-likeness (QED) is 0.626. The first kappa shape index (κ1) is 17.5. The average molecular weight is 332 g/mol. The zero-order valence-corrected chi connectivity index (χ0v) is 13.8. The maximum Gasteiger partial charge on any atom is 0.319 e. The number of hydrogen-bond donors (Lipinski definition) is 2. The van der Waals surface area contributed by atoms with Crippen LogP contribution in [0.15, 0.2) is 41.0 Å². The molecule has 0 spiro atoms. The Kier molecular flexibility index (Phi) is 5.54. The fourth-order valence-electron chi connectivity index (χ4n) is 2.28. The number of rotatable bonds is 6. The number of urea groups is 1. The minimum atomic E-state index is -0.470. The largest absolute Gasteiger partial charge is 0.468 e. The Morgan fingerprint density at radius 1 is 1.38 bits per heavy atom. The number of nitrogens with zero attached hydrogens (tertiary/aromatic N) is 2. The lowest BCUT2D eigenvalue weighted by Gasteiger charge is -2.22. The molecule has 0 saturated heterocycles. The topological polar surface area (TPSA) is 101 Å². The van der Waals surface area contributed by atoms with Gasteiger partial charge in [0.1, 0.15) is 5.76 Å². The van der Waals surface area contributed by atoms with Gasteiger partial charge in [-0.05, 0) is 44.8 Å². The third kappa shape index (κ3) is 4.32. The Labute approximate surface area is 139 Å². The number of non-ortho nitro benzene ring substituents is 1. The van der Waals surface area contributed by atoms with Gasteiger partial charge >= 0.3 is 6.03 Å². The van der Waals surface area contributed by atoms with Crippen LogP contribution in [0.5, 0.6) is 0 Å². The van der Waals surface area contributed by atoms with E-state index in [0.29, 0.717) is 17.8 Å². The van der Waals surface area contributed by atoms with Crippen molar-refractivity contribution in [2.75, 3.05) is 26.0 Å². The van der Waals surface area contributed by atoms with Gasteiger partial charge in [-0.1, -0.05) is 0 Å². The average Bonchev–Trinajstić information content (AvgIpc) is 3.03. The molecule has 1 aromatic carbocycles. The third-order valence-corrected chi connectivity index (χ3v) is 3.62. The van der Waals surface area contributed by atoms with Crippen molar-refractivity contribution in [1.29, 1.82) is 0 Å². The lowest BCUT2D eigenvalue weighted by molar-refractivity contribution is -0.384. The molecule has 8 nitrogen and oxygen atoms in total. The fourth-order valence-corrected chi connectivity index (χ4v) is 2.28. The molecular formula is C16H20N4O4. The molecule has 2 rings (SSSR count). The Morgan fingerprint density at radius 2 is 2.12 bits per heavy atom. The van der Waals surface area contributed by atoms with E-state index < -0.39 is 4.92 Å². The molecule has 0 aliphatic rings. The number of hydrogen-bond acceptors (Lipinski definition) is 5. The third-order valence-electron chi connectivity index (χ3n) is 3.62. The summed E-state index contributed by atoms with van der Waals surface area (Å²) in [4.78, 5) is 24.3. The van der Waals surface area contributed by atoms with E-state index in [4.69, 9.17) is 4.42 Å². The predicted octanol–water partition coefficient (Wildman–Crippen LogP) is 2.92. The lowest BCUT2D eigenvalue weighted by Crippen LogP contribution is -2.36. The number of aryl methyl sites for hydroxylation is 1. The zero-order chi connectivity index (χ0) is 17.7. The van der Waals surface area contributed by atoms with E-state index in [1.54, 1.807) is 19.3 Å². The van der Waals surface area contributed by atoms with Crippen molar-refractivity contribution in [1.82, 2.24) is 10.2 Å². The molecule has 0 bridgehead atoms. The van der Waals surface area contributed by atoms with E-state index in [0.717, 1.165) is 5.76 Å². The van der Waals surface area contributed by atoms with Crippen LogP contribution >= 0.6 is 0 Å². The predicted molar refractivity (Wildman–Crippen MR) is 90.0 cm³/mol. The molecule has 0 aliphatic carbocycles. The van der Waals surface area contributed by atoms with Gasteiger partial charge in [-0.3, -0.25) is 15.0 Å². The first-order chi connectivity index (χ1) is 11.4. The van der Waals surface area contributed by atoms with Gasteiger partial charge in [0.15, 0.2) is 0 Å². The molecule has 1 heterocycles. The number of likely N-dealkylation sites (N-methyl/N-ethyl adjacent to an activating group) is 1. The lowest BCUT2D eigenvalue weighted by atomic mass is 10.2. The minimum absolute atomic E-state index is 0.0102. The maximum atomic E-state index is 12.1. The molecule has 0 saturated carbocycles. The van der Waals surface area contributed by atoms with Crippen LogP contribution in [0.4, 0.5) is 16.2 Å². The Hall–Kier alpha value is -2.87. The molecule has 0 fully saturated rings. The van der Waals surface area contributed by atoms with Gasteiger partial charge in [0.05, 0.1) is 17.2 Å². The summed E-state index contributed by atoms with van der Waals surface area (Å²) in [5, 5.41) is 16.2. The van der Waals surface area contributed by atoms with Crippen LogP contribution in [0.25, 0.3) is 0 Å². The van der Waals surface area contributed by atoms with Crippen molar-refractivity contribution in [2.45, 2.75) is 13.0 Å². The molecule has 2 amide bonds. The highest BCUT2D eigenvalue weighted by Gasteiger charge is 2.18. The van der Waals surface area contributed by atoms with Crippen LogP contribution in [0.1, 0.15) is 17.4 Å². The summed E-state index contributed by atoms with van der Waals surface area (Å²) in [7, 11) is 3.79. The summed E-state index contributed by atoms with van der Waals surface area (Å²) in [5.41, 5.74) is 1.14. The number of amides is 2. The minimum Gasteiger partial charge on any atom is -0.468 e. The van der Waals surface area contributed by atoms with Crippen molar-refractivity contribution in [3.05, 3.63) is 58.0 Å². The summed E-state index contributed by atoms with van der Waals surface area (Å²) in [6.07, 6.45) is 1.59. The number of nitro benzene ring substituents is 1. The number of anilines is 1. The monoisotopic (exact) mass is 332 g/mol. The maximum absolute atomic E-state index is 12.1. The van der Waals surface area contributed by atoms with E-state index in [9.17, 15) is 14.9 Å².